The van der Waals surface area contributed by atoms with Crippen LogP contribution in [-0.4, -0.2) is 11.1 Å². The average molecular weight is 336 g/mol. The first-order valence-corrected chi connectivity index (χ1v) is 8.06. The molecular formula is C20H20N2O3. The molecule has 0 aliphatic heterocycles. The molecule has 0 radical (unpaired) electrons. The van der Waals surface area contributed by atoms with Gasteiger partial charge in [-0.15, -0.1) is 0 Å². The molecular weight excluding hydrogens is 316 g/mol. The number of rotatable bonds is 5. The lowest BCUT2D eigenvalue weighted by molar-refractivity contribution is 0.101. The topological polar surface area (TPSA) is 64.4 Å². The highest BCUT2D eigenvalue weighted by atomic mass is 16.5. The summed E-state index contributed by atoms with van der Waals surface area (Å²) in [7, 11) is 0. The number of para-hydroxylation sites is 1. The summed E-state index contributed by atoms with van der Waals surface area (Å²) in [5.74, 6) is 0.987. The van der Waals surface area contributed by atoms with E-state index in [4.69, 9.17) is 9.26 Å². The lowest BCUT2D eigenvalue weighted by Gasteiger charge is -2.09. The van der Waals surface area contributed by atoms with Crippen LogP contribution in [0.5, 0.6) is 5.75 Å². The molecule has 0 spiro atoms. The van der Waals surface area contributed by atoms with Crippen LogP contribution in [0.15, 0.2) is 53.1 Å². The van der Waals surface area contributed by atoms with Gasteiger partial charge in [0.05, 0.1) is 5.56 Å². The second-order valence-corrected chi connectivity index (χ2v) is 5.94. The van der Waals surface area contributed by atoms with Crippen LogP contribution in [0.25, 0.3) is 0 Å². The summed E-state index contributed by atoms with van der Waals surface area (Å²) in [6.07, 6.45) is 0. The minimum Gasteiger partial charge on any atom is -0.489 e. The highest BCUT2D eigenvalue weighted by molar-refractivity contribution is 6.04. The van der Waals surface area contributed by atoms with Crippen LogP contribution in [0.3, 0.4) is 0 Å². The fourth-order valence-corrected chi connectivity index (χ4v) is 2.55. The summed E-state index contributed by atoms with van der Waals surface area (Å²) in [4.78, 5) is 12.6. The first-order valence-electron chi connectivity index (χ1n) is 8.06. The van der Waals surface area contributed by atoms with E-state index in [1.165, 1.54) is 0 Å². The van der Waals surface area contributed by atoms with Gasteiger partial charge in [0.25, 0.3) is 5.91 Å². The van der Waals surface area contributed by atoms with Gasteiger partial charge in [0.15, 0.2) is 5.69 Å². The third-order valence-corrected chi connectivity index (χ3v) is 3.96. The zero-order chi connectivity index (χ0) is 17.8. The zero-order valence-corrected chi connectivity index (χ0v) is 14.5. The van der Waals surface area contributed by atoms with E-state index in [1.807, 2.05) is 62.4 Å². The van der Waals surface area contributed by atoms with Gasteiger partial charge in [-0.3, -0.25) is 4.79 Å². The van der Waals surface area contributed by atoms with Crippen LogP contribution >= 0.6 is 0 Å². The minimum atomic E-state index is -0.310. The van der Waals surface area contributed by atoms with Crippen molar-refractivity contribution in [2.24, 2.45) is 0 Å². The Morgan fingerprint density at radius 2 is 1.88 bits per heavy atom. The number of ether oxygens (including phenoxy) is 1. The summed E-state index contributed by atoms with van der Waals surface area (Å²) in [6, 6.07) is 15.3. The van der Waals surface area contributed by atoms with Gasteiger partial charge in [-0.05, 0) is 44.5 Å². The quantitative estimate of drug-likeness (QED) is 0.748. The van der Waals surface area contributed by atoms with E-state index < -0.39 is 0 Å². The molecule has 2 aromatic carbocycles. The Hall–Kier alpha value is -3.08. The van der Waals surface area contributed by atoms with Gasteiger partial charge in [-0.25, -0.2) is 0 Å². The minimum absolute atomic E-state index is 0.217. The molecule has 3 aromatic rings. The predicted molar refractivity (Wildman–Crippen MR) is 95.9 cm³/mol. The van der Waals surface area contributed by atoms with Crippen molar-refractivity contribution >= 4 is 11.6 Å². The number of carbonyl (C=O) groups is 1. The number of nitrogens with zero attached hydrogens (tertiary/aromatic N) is 1. The molecule has 1 aromatic heterocycles. The van der Waals surface area contributed by atoms with Crippen molar-refractivity contribution in [2.45, 2.75) is 27.4 Å². The monoisotopic (exact) mass is 336 g/mol. The van der Waals surface area contributed by atoms with E-state index in [0.717, 1.165) is 22.6 Å². The number of hydrogen-bond donors (Lipinski definition) is 1. The van der Waals surface area contributed by atoms with Crippen LogP contribution in [0.1, 0.15) is 32.9 Å². The van der Waals surface area contributed by atoms with E-state index in [9.17, 15) is 4.79 Å². The van der Waals surface area contributed by atoms with E-state index in [1.54, 1.807) is 6.92 Å². The molecule has 0 fully saturated rings. The number of hydrogen-bond acceptors (Lipinski definition) is 4. The molecule has 1 N–H and O–H groups in total. The Morgan fingerprint density at radius 3 is 2.60 bits per heavy atom. The fourth-order valence-electron chi connectivity index (χ4n) is 2.55. The van der Waals surface area contributed by atoms with Crippen LogP contribution in [-0.2, 0) is 6.61 Å². The number of aryl methyl sites for hydroxylation is 3. The van der Waals surface area contributed by atoms with E-state index >= 15 is 0 Å². The molecule has 128 valence electrons. The van der Waals surface area contributed by atoms with Crippen molar-refractivity contribution in [2.75, 3.05) is 5.32 Å². The Balaban J connectivity index is 1.77. The predicted octanol–water partition coefficient (Wildman–Crippen LogP) is 4.43. The van der Waals surface area contributed by atoms with Crippen molar-refractivity contribution in [1.29, 1.82) is 0 Å². The average Bonchev–Trinajstić information content (AvgIpc) is 2.97. The third kappa shape index (κ3) is 3.88. The van der Waals surface area contributed by atoms with Gasteiger partial charge in [-0.1, -0.05) is 41.1 Å². The second kappa shape index (κ2) is 7.21. The molecule has 1 heterocycles. The molecule has 0 bridgehead atoms. The summed E-state index contributed by atoms with van der Waals surface area (Å²) < 4.78 is 10.9. The van der Waals surface area contributed by atoms with Crippen LogP contribution in [0.2, 0.25) is 0 Å². The first kappa shape index (κ1) is 16.8. The van der Waals surface area contributed by atoms with E-state index in [0.29, 0.717) is 11.3 Å². The number of nitrogens with one attached hydrogen (secondary N) is 1. The van der Waals surface area contributed by atoms with Gasteiger partial charge in [0.1, 0.15) is 18.1 Å². The zero-order valence-electron chi connectivity index (χ0n) is 14.5. The van der Waals surface area contributed by atoms with Crippen molar-refractivity contribution in [3.8, 4) is 5.75 Å². The normalized spacial score (nSPS) is 10.5. The number of anilines is 1. The summed E-state index contributed by atoms with van der Waals surface area (Å²) in [6.45, 7) is 5.95. The maximum atomic E-state index is 12.6. The maximum Gasteiger partial charge on any atom is 0.278 e. The number of benzene rings is 2. The highest BCUT2D eigenvalue weighted by Gasteiger charge is 2.21. The number of amides is 1. The van der Waals surface area contributed by atoms with Crippen molar-refractivity contribution in [3.63, 3.8) is 0 Å². The molecule has 0 saturated carbocycles. The van der Waals surface area contributed by atoms with Crippen LogP contribution < -0.4 is 10.1 Å². The summed E-state index contributed by atoms with van der Waals surface area (Å²) in [5, 5.41) is 6.79. The molecule has 0 aliphatic rings. The Bertz CT molecular complexity index is 885. The largest absolute Gasteiger partial charge is 0.489 e. The summed E-state index contributed by atoms with van der Waals surface area (Å²) in [5.41, 5.74) is 3.78. The number of aromatic nitrogens is 1. The smallest absolute Gasteiger partial charge is 0.278 e. The molecule has 5 nitrogen and oxygen atoms in total. The molecule has 5 heteroatoms. The SMILES string of the molecule is Cc1ccc(NC(=O)c2noc(C)c2COc2ccccc2)c(C)c1. The van der Waals surface area contributed by atoms with E-state index in [-0.39, 0.29) is 18.2 Å². The second-order valence-electron chi connectivity index (χ2n) is 5.94. The molecule has 0 atom stereocenters. The van der Waals surface area contributed by atoms with Crippen molar-refractivity contribution in [3.05, 3.63) is 76.7 Å². The highest BCUT2D eigenvalue weighted by Crippen LogP contribution is 2.21. The Kier molecular flexibility index (Phi) is 4.84. The third-order valence-electron chi connectivity index (χ3n) is 3.96. The van der Waals surface area contributed by atoms with Gasteiger partial charge in [-0.2, -0.15) is 0 Å². The molecule has 1 amide bonds. The van der Waals surface area contributed by atoms with Gasteiger partial charge < -0.3 is 14.6 Å². The van der Waals surface area contributed by atoms with Crippen LogP contribution in [0.4, 0.5) is 5.69 Å². The fraction of sp³-hybridized carbons (Fsp3) is 0.200. The van der Waals surface area contributed by atoms with Crippen LogP contribution in [0, 0.1) is 20.8 Å². The molecule has 0 saturated heterocycles. The Morgan fingerprint density at radius 1 is 1.12 bits per heavy atom. The van der Waals surface area contributed by atoms with Gasteiger partial charge in [0.2, 0.25) is 0 Å². The standard InChI is InChI=1S/C20H20N2O3/c1-13-9-10-18(14(2)11-13)21-20(23)19-17(15(3)25-22-19)12-24-16-7-5-4-6-8-16/h4-11H,12H2,1-3H3,(H,21,23). The molecule has 3 rings (SSSR count). The lowest BCUT2D eigenvalue weighted by atomic mass is 10.1. The van der Waals surface area contributed by atoms with Crippen molar-refractivity contribution < 1.29 is 14.1 Å². The Labute approximate surface area is 146 Å². The summed E-state index contributed by atoms with van der Waals surface area (Å²) >= 11 is 0. The molecule has 0 unspecified atom stereocenters. The number of carbonyl (C=O) groups excluding carboxylic acids is 1. The van der Waals surface area contributed by atoms with Gasteiger partial charge in [0, 0.05) is 5.69 Å². The molecule has 25 heavy (non-hydrogen) atoms. The van der Waals surface area contributed by atoms with Crippen molar-refractivity contribution in [1.82, 2.24) is 5.16 Å². The molecule has 0 aliphatic carbocycles. The maximum absolute atomic E-state index is 12.6. The van der Waals surface area contributed by atoms with Gasteiger partial charge >= 0.3 is 0 Å². The van der Waals surface area contributed by atoms with E-state index in [2.05, 4.69) is 10.5 Å². The first-order chi connectivity index (χ1) is 12.0. The lowest BCUT2D eigenvalue weighted by Crippen LogP contribution is -2.16.